The van der Waals surface area contributed by atoms with Crippen molar-refractivity contribution in [2.75, 3.05) is 5.32 Å². The highest BCUT2D eigenvalue weighted by molar-refractivity contribution is 8.00. The second kappa shape index (κ2) is 13.8. The summed E-state index contributed by atoms with van der Waals surface area (Å²) in [5.41, 5.74) is -0.203. The molecule has 0 aliphatic rings. The molecule has 0 atom stereocenters. The van der Waals surface area contributed by atoms with E-state index in [4.69, 9.17) is 5.73 Å². The topological polar surface area (TPSA) is 80.0 Å². The summed E-state index contributed by atoms with van der Waals surface area (Å²) in [5, 5.41) is 7.29. The summed E-state index contributed by atoms with van der Waals surface area (Å²) < 4.78 is 72.6. The maximum Gasteiger partial charge on any atom is 0.446 e. The highest BCUT2D eigenvalue weighted by Gasteiger charge is 2.29. The first-order chi connectivity index (χ1) is 18.8. The molecule has 0 aliphatic carbocycles. The number of halogens is 6. The average molecular weight is 599 g/mol. The van der Waals surface area contributed by atoms with Crippen LogP contribution in [0.3, 0.4) is 0 Å². The molecule has 0 saturated carbocycles. The average Bonchev–Trinajstić information content (AvgIpc) is 2.88. The van der Waals surface area contributed by atoms with Crippen LogP contribution in [-0.4, -0.2) is 22.0 Å². The summed E-state index contributed by atoms with van der Waals surface area (Å²) in [6.45, 7) is 2.42. The van der Waals surface area contributed by atoms with Crippen molar-refractivity contribution in [3.63, 3.8) is 0 Å². The lowest BCUT2D eigenvalue weighted by Crippen LogP contribution is -2.28. The lowest BCUT2D eigenvalue weighted by molar-refractivity contribution is -0.0337. The highest BCUT2D eigenvalue weighted by Crippen LogP contribution is 2.37. The molecule has 1 aromatic heterocycles. The second-order valence-corrected chi connectivity index (χ2v) is 10.5. The Morgan fingerprint density at radius 2 is 1.40 bits per heavy atom. The molecule has 1 heterocycles. The molecule has 2 amide bonds. The molecule has 0 bridgehead atoms. The number of urea groups is 1. The number of aryl methyl sites for hydroxylation is 1. The monoisotopic (exact) mass is 598 g/mol. The quantitative estimate of drug-likeness (QED) is 0.154. The number of benzene rings is 3. The van der Waals surface area contributed by atoms with Gasteiger partial charge in [-0.2, -0.15) is 26.3 Å². The van der Waals surface area contributed by atoms with Gasteiger partial charge in [-0.05, 0) is 78.0 Å². The van der Waals surface area contributed by atoms with Crippen molar-refractivity contribution in [2.24, 2.45) is 5.73 Å². The standard InChI is InChI=1S/C19H16F3N3OS.C8H8F3NS/c1-12-9-16-14(11-23-12)3-2-4-17(16)25-18(26)24-10-13-5-7-15(8-6-13)27-19(20,21)22;9-8(10,11)13-7-3-1-6(5-12)2-4-7/h2-9,11H,10H2,1H3,(H2,24,25,26);1-4H,5,12H2. The number of thioether (sulfide) groups is 2. The Kier molecular flexibility index (Phi) is 10.7. The summed E-state index contributed by atoms with van der Waals surface area (Å²) in [7, 11) is 0. The summed E-state index contributed by atoms with van der Waals surface area (Å²) in [4.78, 5) is 16.7. The van der Waals surface area contributed by atoms with Crippen LogP contribution < -0.4 is 16.4 Å². The third kappa shape index (κ3) is 10.6. The first-order valence-electron chi connectivity index (χ1n) is 11.6. The number of anilines is 1. The Morgan fingerprint density at radius 3 is 1.93 bits per heavy atom. The Hall–Kier alpha value is -3.42. The molecule has 40 heavy (non-hydrogen) atoms. The van der Waals surface area contributed by atoms with Gasteiger partial charge in [-0.3, -0.25) is 4.98 Å². The molecule has 0 aliphatic heterocycles. The van der Waals surface area contributed by atoms with Crippen LogP contribution in [0.2, 0.25) is 0 Å². The number of fused-ring (bicyclic) bond motifs is 1. The van der Waals surface area contributed by atoms with E-state index < -0.39 is 17.0 Å². The van der Waals surface area contributed by atoms with Crippen LogP contribution in [0.4, 0.5) is 36.8 Å². The molecule has 212 valence electrons. The molecule has 0 radical (unpaired) electrons. The zero-order valence-electron chi connectivity index (χ0n) is 20.9. The van der Waals surface area contributed by atoms with Gasteiger partial charge in [-0.25, -0.2) is 4.79 Å². The molecule has 4 aromatic rings. The minimum Gasteiger partial charge on any atom is -0.334 e. The van der Waals surface area contributed by atoms with Gasteiger partial charge in [-0.1, -0.05) is 36.4 Å². The smallest absolute Gasteiger partial charge is 0.334 e. The maximum absolute atomic E-state index is 12.3. The van der Waals surface area contributed by atoms with Gasteiger partial charge in [0.05, 0.1) is 5.69 Å². The predicted molar refractivity (Wildman–Crippen MR) is 147 cm³/mol. The number of carbonyl (C=O) groups excluding carboxylic acids is 1. The molecule has 3 aromatic carbocycles. The van der Waals surface area contributed by atoms with Crippen LogP contribution in [-0.2, 0) is 13.1 Å². The van der Waals surface area contributed by atoms with Gasteiger partial charge in [0, 0.05) is 45.5 Å². The van der Waals surface area contributed by atoms with Crippen LogP contribution >= 0.6 is 23.5 Å². The Bertz CT molecular complexity index is 1410. The fourth-order valence-electron chi connectivity index (χ4n) is 3.37. The van der Waals surface area contributed by atoms with Gasteiger partial charge in [0.25, 0.3) is 0 Å². The summed E-state index contributed by atoms with van der Waals surface area (Å²) >= 11 is -0.288. The van der Waals surface area contributed by atoms with E-state index in [-0.39, 0.29) is 39.9 Å². The van der Waals surface area contributed by atoms with Crippen LogP contribution in [0.1, 0.15) is 16.8 Å². The van der Waals surface area contributed by atoms with Gasteiger partial charge in [0.1, 0.15) is 0 Å². The predicted octanol–water partition coefficient (Wildman–Crippen LogP) is 8.23. The number of alkyl halides is 6. The Labute approximate surface area is 234 Å². The second-order valence-electron chi connectivity index (χ2n) is 8.25. The fourth-order valence-corrected chi connectivity index (χ4v) is 4.45. The molecule has 0 fully saturated rings. The Balaban J connectivity index is 0.000000285. The van der Waals surface area contributed by atoms with E-state index in [1.165, 1.54) is 24.3 Å². The van der Waals surface area contributed by atoms with Gasteiger partial charge < -0.3 is 16.4 Å². The van der Waals surface area contributed by atoms with Gasteiger partial charge in [-0.15, -0.1) is 0 Å². The van der Waals surface area contributed by atoms with Gasteiger partial charge in [0.15, 0.2) is 0 Å². The lowest BCUT2D eigenvalue weighted by Gasteiger charge is -2.11. The largest absolute Gasteiger partial charge is 0.446 e. The van der Waals surface area contributed by atoms with Crippen molar-refractivity contribution in [1.29, 1.82) is 0 Å². The van der Waals surface area contributed by atoms with Crippen LogP contribution in [0, 0.1) is 6.92 Å². The van der Waals surface area contributed by atoms with Gasteiger partial charge >= 0.3 is 17.0 Å². The third-order valence-corrected chi connectivity index (χ3v) is 6.63. The van der Waals surface area contributed by atoms with Gasteiger partial charge in [0.2, 0.25) is 0 Å². The molecule has 4 rings (SSSR count). The minimum atomic E-state index is -4.31. The summed E-state index contributed by atoms with van der Waals surface area (Å²) in [5.74, 6) is 0. The van der Waals surface area contributed by atoms with E-state index in [2.05, 4.69) is 15.6 Å². The van der Waals surface area contributed by atoms with Crippen LogP contribution in [0.15, 0.2) is 88.8 Å². The van der Waals surface area contributed by atoms with Crippen molar-refractivity contribution < 1.29 is 31.1 Å². The van der Waals surface area contributed by atoms with Crippen LogP contribution in [0.25, 0.3) is 10.8 Å². The zero-order chi connectivity index (χ0) is 29.3. The number of amides is 2. The molecule has 5 nitrogen and oxygen atoms in total. The van der Waals surface area contributed by atoms with Crippen LogP contribution in [0.5, 0.6) is 0 Å². The summed E-state index contributed by atoms with van der Waals surface area (Å²) in [6.07, 6.45) is 1.74. The number of nitrogens with two attached hydrogens (primary N) is 1. The first kappa shape index (κ1) is 31.1. The fraction of sp³-hybridized carbons (Fsp3) is 0.185. The molecule has 13 heteroatoms. The van der Waals surface area contributed by atoms with Crippen molar-refractivity contribution in [1.82, 2.24) is 10.3 Å². The molecule has 4 N–H and O–H groups in total. The normalized spacial score (nSPS) is 11.5. The third-order valence-electron chi connectivity index (χ3n) is 5.15. The van der Waals surface area contributed by atoms with Crippen molar-refractivity contribution >= 4 is 46.0 Å². The van der Waals surface area contributed by atoms with E-state index in [9.17, 15) is 31.1 Å². The van der Waals surface area contributed by atoms with E-state index in [1.54, 1.807) is 36.5 Å². The van der Waals surface area contributed by atoms with E-state index in [0.29, 0.717) is 17.8 Å². The molecular weight excluding hydrogens is 574 g/mol. The maximum atomic E-state index is 12.3. The molecule has 0 unspecified atom stereocenters. The first-order valence-corrected chi connectivity index (χ1v) is 13.2. The molecular formula is C27H24F6N4OS2. The highest BCUT2D eigenvalue weighted by atomic mass is 32.2. The number of hydrogen-bond donors (Lipinski definition) is 3. The number of aromatic nitrogens is 1. The zero-order valence-corrected chi connectivity index (χ0v) is 22.6. The minimum absolute atomic E-state index is 0.107. The molecule has 0 saturated heterocycles. The number of hydrogen-bond acceptors (Lipinski definition) is 5. The number of nitrogens with zero attached hydrogens (tertiary/aromatic N) is 1. The summed E-state index contributed by atoms with van der Waals surface area (Å²) in [6, 6.07) is 18.9. The lowest BCUT2D eigenvalue weighted by atomic mass is 10.1. The van der Waals surface area contributed by atoms with E-state index in [0.717, 1.165) is 22.0 Å². The van der Waals surface area contributed by atoms with Crippen molar-refractivity contribution in [3.8, 4) is 0 Å². The Morgan fingerprint density at radius 1 is 0.850 bits per heavy atom. The van der Waals surface area contributed by atoms with E-state index >= 15 is 0 Å². The molecule has 0 spiro atoms. The number of carbonyl (C=O) groups is 1. The number of rotatable bonds is 6. The number of pyridine rings is 1. The SMILES string of the molecule is Cc1cc2c(NC(=O)NCc3ccc(SC(F)(F)F)cc3)cccc2cn1.NCc1ccc(SC(F)(F)F)cc1. The number of nitrogens with one attached hydrogen (secondary N) is 2. The van der Waals surface area contributed by atoms with Crippen molar-refractivity contribution in [2.45, 2.75) is 40.8 Å². The van der Waals surface area contributed by atoms with E-state index in [1.807, 2.05) is 25.1 Å². The van der Waals surface area contributed by atoms with Crippen molar-refractivity contribution in [3.05, 3.63) is 95.8 Å².